The highest BCUT2D eigenvalue weighted by atomic mass is 16.5. The highest BCUT2D eigenvalue weighted by molar-refractivity contribution is 5.70. The number of nitrogen functional groups attached to an aromatic ring is 1. The quantitative estimate of drug-likeness (QED) is 0.835. The first-order valence-electron chi connectivity index (χ1n) is 7.57. The molecule has 5 heteroatoms. The molecule has 0 radical (unpaired) electrons. The van der Waals surface area contributed by atoms with Gasteiger partial charge in [0.1, 0.15) is 11.8 Å². The molecule has 0 aliphatic rings. The van der Waals surface area contributed by atoms with Crippen molar-refractivity contribution in [2.75, 3.05) is 12.8 Å². The van der Waals surface area contributed by atoms with Gasteiger partial charge in [-0.2, -0.15) is 5.26 Å². The number of nitrogens with zero attached hydrogens (tertiary/aromatic N) is 1. The Balaban J connectivity index is 0.000000400. The van der Waals surface area contributed by atoms with Crippen LogP contribution in [0, 0.1) is 18.3 Å². The molecule has 0 aromatic heterocycles. The van der Waals surface area contributed by atoms with Crippen molar-refractivity contribution in [3.8, 4) is 11.8 Å². The molecular formula is C19H24N2O3. The van der Waals surface area contributed by atoms with Crippen molar-refractivity contribution >= 4 is 11.7 Å². The average Bonchev–Trinajstić information content (AvgIpc) is 2.59. The molecule has 0 unspecified atom stereocenters. The second-order valence-corrected chi connectivity index (χ2v) is 4.62. The summed E-state index contributed by atoms with van der Waals surface area (Å²) in [6.07, 6.45) is 0.111. The maximum atomic E-state index is 10.3. The van der Waals surface area contributed by atoms with Gasteiger partial charge in [-0.3, -0.25) is 4.79 Å². The maximum absolute atomic E-state index is 10.3. The van der Waals surface area contributed by atoms with Gasteiger partial charge in [-0.15, -0.1) is 0 Å². The number of hydrogen-bond donors (Lipinski definition) is 2. The molecule has 2 aromatic rings. The van der Waals surface area contributed by atoms with E-state index in [2.05, 4.69) is 0 Å². The van der Waals surface area contributed by atoms with Crippen LogP contribution in [0.15, 0.2) is 42.5 Å². The number of methoxy groups -OCH3 is 1. The van der Waals surface area contributed by atoms with Crippen LogP contribution in [0.5, 0.6) is 5.75 Å². The van der Waals surface area contributed by atoms with Gasteiger partial charge < -0.3 is 15.6 Å². The Kier molecular flexibility index (Phi) is 10.1. The van der Waals surface area contributed by atoms with Gasteiger partial charge in [0.05, 0.1) is 19.1 Å². The summed E-state index contributed by atoms with van der Waals surface area (Å²) in [6, 6.07) is 14.4. The summed E-state index contributed by atoms with van der Waals surface area (Å²) in [5, 5.41) is 17.0. The van der Waals surface area contributed by atoms with E-state index in [0.717, 1.165) is 11.1 Å². The van der Waals surface area contributed by atoms with E-state index in [9.17, 15) is 4.79 Å². The Morgan fingerprint density at radius 1 is 1.21 bits per heavy atom. The molecule has 0 saturated heterocycles. The molecule has 0 aliphatic carbocycles. The minimum atomic E-state index is -0.783. The normalized spacial score (nSPS) is 8.62. The van der Waals surface area contributed by atoms with Crippen LogP contribution < -0.4 is 10.5 Å². The maximum Gasteiger partial charge on any atom is 0.307 e. The van der Waals surface area contributed by atoms with E-state index in [1.54, 1.807) is 25.3 Å². The summed E-state index contributed by atoms with van der Waals surface area (Å²) in [5.74, 6) is -0.135. The summed E-state index contributed by atoms with van der Waals surface area (Å²) in [7, 11) is 1.55. The van der Waals surface area contributed by atoms with Crippen molar-refractivity contribution in [3.63, 3.8) is 0 Å². The van der Waals surface area contributed by atoms with Crippen molar-refractivity contribution in [2.45, 2.75) is 27.2 Å². The number of hydrogen-bond acceptors (Lipinski definition) is 4. The lowest BCUT2D eigenvalue weighted by Crippen LogP contribution is -1.99. The Morgan fingerprint density at radius 2 is 1.79 bits per heavy atom. The number of rotatable bonds is 3. The fraction of sp³-hybridized carbons (Fsp3) is 0.263. The zero-order valence-corrected chi connectivity index (χ0v) is 14.5. The van der Waals surface area contributed by atoms with E-state index in [-0.39, 0.29) is 6.42 Å². The molecular weight excluding hydrogens is 304 g/mol. The highest BCUT2D eigenvalue weighted by Crippen LogP contribution is 2.17. The first-order chi connectivity index (χ1) is 11.5. The van der Waals surface area contributed by atoms with Crippen LogP contribution in [0.1, 0.15) is 30.5 Å². The monoisotopic (exact) mass is 328 g/mol. The summed E-state index contributed by atoms with van der Waals surface area (Å²) >= 11 is 0. The molecule has 0 saturated carbocycles. The van der Waals surface area contributed by atoms with E-state index < -0.39 is 5.97 Å². The van der Waals surface area contributed by atoms with Gasteiger partial charge in [-0.25, -0.2) is 0 Å². The second-order valence-electron chi connectivity index (χ2n) is 4.62. The van der Waals surface area contributed by atoms with E-state index in [1.807, 2.05) is 51.1 Å². The number of carbonyl (C=O) groups is 1. The average molecular weight is 328 g/mol. The first-order valence-corrected chi connectivity index (χ1v) is 7.57. The van der Waals surface area contributed by atoms with Crippen LogP contribution in [0.3, 0.4) is 0 Å². The number of aryl methyl sites for hydroxylation is 1. The number of carboxylic acid groups (broad SMARTS) is 1. The molecule has 0 fully saturated rings. The third kappa shape index (κ3) is 7.85. The molecule has 0 atom stereocenters. The number of nitriles is 1. The Labute approximate surface area is 143 Å². The summed E-state index contributed by atoms with van der Waals surface area (Å²) < 4.78 is 4.90. The molecule has 2 aromatic carbocycles. The summed E-state index contributed by atoms with van der Waals surface area (Å²) in [5.41, 5.74) is 8.41. The largest absolute Gasteiger partial charge is 0.497 e. The molecule has 128 valence electrons. The Bertz CT molecular complexity index is 674. The van der Waals surface area contributed by atoms with Crippen LogP contribution in [-0.4, -0.2) is 18.2 Å². The smallest absolute Gasteiger partial charge is 0.307 e. The topological polar surface area (TPSA) is 96.3 Å². The molecule has 0 heterocycles. The van der Waals surface area contributed by atoms with Gasteiger partial charge in [-0.1, -0.05) is 43.7 Å². The molecule has 0 amide bonds. The number of nitrogens with two attached hydrogens (primary N) is 1. The molecule has 0 bridgehead atoms. The molecule has 2 rings (SSSR count). The van der Waals surface area contributed by atoms with Gasteiger partial charge in [0, 0.05) is 5.69 Å². The van der Waals surface area contributed by atoms with Crippen LogP contribution in [0.4, 0.5) is 5.69 Å². The van der Waals surface area contributed by atoms with Crippen molar-refractivity contribution in [2.24, 2.45) is 0 Å². The summed E-state index contributed by atoms with van der Waals surface area (Å²) in [4.78, 5) is 10.3. The van der Waals surface area contributed by atoms with Crippen molar-refractivity contribution < 1.29 is 14.6 Å². The number of aliphatic carboxylic acids is 1. The molecule has 5 nitrogen and oxygen atoms in total. The lowest BCUT2D eigenvalue weighted by atomic mass is 10.1. The van der Waals surface area contributed by atoms with Gasteiger partial charge in [0.2, 0.25) is 0 Å². The number of carboxylic acids is 1. The zero-order chi connectivity index (χ0) is 18.5. The lowest BCUT2D eigenvalue weighted by molar-refractivity contribution is -0.136. The summed E-state index contributed by atoms with van der Waals surface area (Å²) in [6.45, 7) is 5.98. The second kappa shape index (κ2) is 11.6. The first kappa shape index (κ1) is 21.0. The van der Waals surface area contributed by atoms with Crippen molar-refractivity contribution in [1.82, 2.24) is 0 Å². The Hall–Kier alpha value is -3.00. The standard InChI is InChI=1S/C9H10O2.C8H8N2O.C2H6/c1-7-2-4-8(5-3-7)6-9(10)11;1-11-7-2-3-8(10)6(4-7)5-9;1-2/h2-5H,6H2,1H3,(H,10,11);2-4H,10H2,1H3;1-2H3. The van der Waals surface area contributed by atoms with Gasteiger partial charge in [-0.05, 0) is 30.7 Å². The zero-order valence-electron chi connectivity index (χ0n) is 14.5. The lowest BCUT2D eigenvalue weighted by Gasteiger charge is -2.00. The van der Waals surface area contributed by atoms with Gasteiger partial charge in [0.15, 0.2) is 0 Å². The molecule has 3 N–H and O–H groups in total. The SMILES string of the molecule is CC.COc1ccc(N)c(C#N)c1.Cc1ccc(CC(=O)O)cc1. The van der Waals surface area contributed by atoms with Gasteiger partial charge >= 0.3 is 5.97 Å². The number of benzene rings is 2. The van der Waals surface area contributed by atoms with Crippen LogP contribution in [0.25, 0.3) is 0 Å². The highest BCUT2D eigenvalue weighted by Gasteiger charge is 1.99. The van der Waals surface area contributed by atoms with E-state index >= 15 is 0 Å². The minimum Gasteiger partial charge on any atom is -0.497 e. The van der Waals surface area contributed by atoms with Crippen LogP contribution >= 0.6 is 0 Å². The van der Waals surface area contributed by atoms with E-state index in [1.165, 1.54) is 0 Å². The third-order valence-electron chi connectivity index (χ3n) is 2.86. The van der Waals surface area contributed by atoms with E-state index in [4.69, 9.17) is 20.8 Å². The Morgan fingerprint density at radius 3 is 2.25 bits per heavy atom. The number of anilines is 1. The van der Waals surface area contributed by atoms with Crippen LogP contribution in [0.2, 0.25) is 0 Å². The predicted molar refractivity (Wildman–Crippen MR) is 96.0 cm³/mol. The number of ether oxygens (including phenoxy) is 1. The van der Waals surface area contributed by atoms with E-state index in [0.29, 0.717) is 17.0 Å². The molecule has 0 spiro atoms. The van der Waals surface area contributed by atoms with Crippen molar-refractivity contribution in [3.05, 3.63) is 59.2 Å². The van der Waals surface area contributed by atoms with Crippen LogP contribution in [-0.2, 0) is 11.2 Å². The fourth-order valence-corrected chi connectivity index (χ4v) is 1.64. The predicted octanol–water partition coefficient (Wildman–Crippen LogP) is 3.80. The minimum absolute atomic E-state index is 0.111. The fourth-order valence-electron chi connectivity index (χ4n) is 1.64. The van der Waals surface area contributed by atoms with Crippen molar-refractivity contribution in [1.29, 1.82) is 5.26 Å². The third-order valence-corrected chi connectivity index (χ3v) is 2.86. The molecule has 0 aliphatic heterocycles. The van der Waals surface area contributed by atoms with Gasteiger partial charge in [0.25, 0.3) is 0 Å². The molecule has 24 heavy (non-hydrogen) atoms.